The van der Waals surface area contributed by atoms with Gasteiger partial charge in [-0.3, -0.25) is 4.90 Å². The monoisotopic (exact) mass is 466 g/mol. The number of halogens is 1. The van der Waals surface area contributed by atoms with E-state index in [-0.39, 0.29) is 0 Å². The summed E-state index contributed by atoms with van der Waals surface area (Å²) in [5.41, 5.74) is 4.44. The second-order valence-electron chi connectivity index (χ2n) is 9.58. The molecule has 180 valence electrons. The summed E-state index contributed by atoms with van der Waals surface area (Å²) < 4.78 is 0. The first kappa shape index (κ1) is 27.4. The van der Waals surface area contributed by atoms with Crippen molar-refractivity contribution in [3.63, 3.8) is 0 Å². The highest BCUT2D eigenvalue weighted by molar-refractivity contribution is 6.20. The average molecular weight is 467 g/mol. The molecule has 0 spiro atoms. The lowest BCUT2D eigenvalue weighted by molar-refractivity contribution is 0.143. The third kappa shape index (κ3) is 9.52. The quantitative estimate of drug-likeness (QED) is 0.330. The van der Waals surface area contributed by atoms with Gasteiger partial charge in [-0.05, 0) is 87.8 Å². The molecule has 2 nitrogen and oxygen atoms in total. The van der Waals surface area contributed by atoms with Crippen molar-refractivity contribution in [2.75, 3.05) is 6.54 Å². The maximum absolute atomic E-state index is 7.32. The molecule has 1 unspecified atom stereocenters. The molecule has 0 heterocycles. The average Bonchev–Trinajstić information content (AvgIpc) is 2.83. The van der Waals surface area contributed by atoms with E-state index in [2.05, 4.69) is 80.3 Å². The van der Waals surface area contributed by atoms with E-state index in [1.54, 1.807) is 6.07 Å². The van der Waals surface area contributed by atoms with Crippen LogP contribution in [0.4, 0.5) is 0 Å². The molecule has 1 aliphatic rings. The number of rotatable bonds is 10. The Morgan fingerprint density at radius 2 is 1.52 bits per heavy atom. The van der Waals surface area contributed by atoms with Crippen LogP contribution in [0.25, 0.3) is 0 Å². The molecule has 0 saturated heterocycles. The van der Waals surface area contributed by atoms with Gasteiger partial charge in [0.15, 0.2) is 0 Å². The Morgan fingerprint density at radius 3 is 2.06 bits per heavy atom. The Bertz CT molecular complexity index is 801. The van der Waals surface area contributed by atoms with Crippen LogP contribution in [0.15, 0.2) is 54.6 Å². The first-order valence-corrected chi connectivity index (χ1v) is 13.3. The van der Waals surface area contributed by atoms with Crippen molar-refractivity contribution in [3.8, 4) is 6.07 Å². The zero-order valence-corrected chi connectivity index (χ0v) is 21.9. The molecule has 1 saturated carbocycles. The fourth-order valence-electron chi connectivity index (χ4n) is 5.05. The summed E-state index contributed by atoms with van der Waals surface area (Å²) in [5.74, 6) is 0.715. The molecule has 33 heavy (non-hydrogen) atoms. The van der Waals surface area contributed by atoms with Crippen molar-refractivity contribution in [1.82, 2.24) is 4.90 Å². The fraction of sp³-hybridized carbons (Fsp3) is 0.567. The normalized spacial score (nSPS) is 19.0. The van der Waals surface area contributed by atoms with E-state index in [0.29, 0.717) is 23.4 Å². The molecular formula is C30H43ClN2. The van der Waals surface area contributed by atoms with Gasteiger partial charge in [0.1, 0.15) is 0 Å². The lowest BCUT2D eigenvalue weighted by atomic mass is 9.83. The number of hydrogen-bond donors (Lipinski definition) is 0. The van der Waals surface area contributed by atoms with Crippen LogP contribution >= 0.6 is 11.6 Å². The second kappa shape index (κ2) is 15.2. The summed E-state index contributed by atoms with van der Waals surface area (Å²) in [6, 6.07) is 23.4. The van der Waals surface area contributed by atoms with Crippen molar-refractivity contribution >= 4 is 11.6 Å². The van der Waals surface area contributed by atoms with Gasteiger partial charge in [-0.1, -0.05) is 61.5 Å². The number of benzene rings is 2. The molecule has 3 heteroatoms. The second-order valence-corrected chi connectivity index (χ2v) is 10.2. The van der Waals surface area contributed by atoms with E-state index in [1.807, 2.05) is 0 Å². The van der Waals surface area contributed by atoms with Crippen molar-refractivity contribution < 1.29 is 0 Å². The van der Waals surface area contributed by atoms with Crippen molar-refractivity contribution in [1.29, 1.82) is 5.26 Å². The van der Waals surface area contributed by atoms with E-state index in [9.17, 15) is 0 Å². The Labute approximate surface area is 208 Å². The van der Waals surface area contributed by atoms with Gasteiger partial charge < -0.3 is 0 Å². The molecule has 0 aromatic heterocycles. The molecule has 3 rings (SSSR count). The molecular weight excluding hydrogens is 424 g/mol. The molecule has 1 aliphatic carbocycles. The minimum Gasteiger partial charge on any atom is -0.298 e. The lowest BCUT2D eigenvalue weighted by Crippen LogP contribution is -2.41. The SMILES string of the molecule is CC#N.CCC(CCc1ccc(C2CCC(Cl)CC2)cc1)N(CCc1ccccc1)C(C)C. The summed E-state index contributed by atoms with van der Waals surface area (Å²) in [5, 5.41) is 7.72. The minimum absolute atomic E-state index is 0.400. The molecule has 0 N–H and O–H groups in total. The Balaban J connectivity index is 0.00000122. The largest absolute Gasteiger partial charge is 0.298 e. The molecule has 0 amide bonds. The van der Waals surface area contributed by atoms with Crippen LogP contribution in [-0.2, 0) is 12.8 Å². The van der Waals surface area contributed by atoms with Gasteiger partial charge in [0.05, 0.1) is 6.07 Å². The molecule has 2 aromatic carbocycles. The maximum atomic E-state index is 7.32. The molecule has 1 fully saturated rings. The Hall–Kier alpha value is -1.82. The minimum atomic E-state index is 0.400. The van der Waals surface area contributed by atoms with Gasteiger partial charge in [-0.2, -0.15) is 5.26 Å². The van der Waals surface area contributed by atoms with E-state index in [1.165, 1.54) is 68.6 Å². The molecule has 2 aromatic rings. The number of hydrogen-bond acceptors (Lipinski definition) is 2. The smallest absolute Gasteiger partial charge is 0.0587 e. The number of alkyl halides is 1. The van der Waals surface area contributed by atoms with Gasteiger partial charge in [-0.15, -0.1) is 11.6 Å². The van der Waals surface area contributed by atoms with E-state index >= 15 is 0 Å². The molecule has 0 bridgehead atoms. The predicted molar refractivity (Wildman–Crippen MR) is 143 cm³/mol. The van der Waals surface area contributed by atoms with Crippen molar-refractivity contribution in [2.45, 2.75) is 102 Å². The number of nitriles is 1. The highest BCUT2D eigenvalue weighted by Crippen LogP contribution is 2.35. The maximum Gasteiger partial charge on any atom is 0.0587 e. The highest BCUT2D eigenvalue weighted by Gasteiger charge is 2.21. The lowest BCUT2D eigenvalue weighted by Gasteiger charge is -2.35. The van der Waals surface area contributed by atoms with Gasteiger partial charge in [0.2, 0.25) is 0 Å². The summed E-state index contributed by atoms with van der Waals surface area (Å²) in [7, 11) is 0. The van der Waals surface area contributed by atoms with Gasteiger partial charge in [0.25, 0.3) is 0 Å². The Morgan fingerprint density at radius 1 is 0.939 bits per heavy atom. The predicted octanol–water partition coefficient (Wildman–Crippen LogP) is 8.15. The number of nitrogens with zero attached hydrogens (tertiary/aromatic N) is 2. The zero-order chi connectivity index (χ0) is 24.1. The third-order valence-electron chi connectivity index (χ3n) is 6.98. The van der Waals surface area contributed by atoms with Crippen LogP contribution in [0.3, 0.4) is 0 Å². The van der Waals surface area contributed by atoms with Crippen LogP contribution in [0.1, 0.15) is 88.8 Å². The molecule has 0 radical (unpaired) electrons. The number of aryl methyl sites for hydroxylation is 1. The Kier molecular flexibility index (Phi) is 12.6. The standard InChI is InChI=1S/C28H40ClN.C2H3N/c1-4-28(30(22(2)3)21-20-23-8-6-5-7-9-23)19-12-24-10-13-25(14-11-24)26-15-17-27(29)18-16-26;1-2-3/h5-11,13-14,22,26-28H,4,12,15-21H2,1-3H3;1H3. The van der Waals surface area contributed by atoms with Crippen LogP contribution in [-0.4, -0.2) is 28.9 Å². The van der Waals surface area contributed by atoms with Gasteiger partial charge >= 0.3 is 0 Å². The topological polar surface area (TPSA) is 27.0 Å². The van der Waals surface area contributed by atoms with Crippen molar-refractivity contribution in [3.05, 3.63) is 71.3 Å². The van der Waals surface area contributed by atoms with E-state index in [0.717, 1.165) is 13.0 Å². The van der Waals surface area contributed by atoms with E-state index < -0.39 is 0 Å². The van der Waals surface area contributed by atoms with Crippen LogP contribution in [0, 0.1) is 11.3 Å². The van der Waals surface area contributed by atoms with Gasteiger partial charge in [0, 0.05) is 30.9 Å². The van der Waals surface area contributed by atoms with Gasteiger partial charge in [-0.25, -0.2) is 0 Å². The molecule has 1 atom stereocenters. The fourth-order valence-corrected chi connectivity index (χ4v) is 5.30. The van der Waals surface area contributed by atoms with Crippen LogP contribution in [0.5, 0.6) is 0 Å². The van der Waals surface area contributed by atoms with Crippen LogP contribution in [0.2, 0.25) is 0 Å². The van der Waals surface area contributed by atoms with E-state index in [4.69, 9.17) is 16.9 Å². The first-order valence-electron chi connectivity index (χ1n) is 12.8. The van der Waals surface area contributed by atoms with Crippen molar-refractivity contribution in [2.24, 2.45) is 0 Å². The summed E-state index contributed by atoms with van der Waals surface area (Å²) >= 11 is 6.28. The summed E-state index contributed by atoms with van der Waals surface area (Å²) in [6.45, 7) is 9.61. The zero-order valence-electron chi connectivity index (χ0n) is 21.1. The summed E-state index contributed by atoms with van der Waals surface area (Å²) in [4.78, 5) is 2.71. The van der Waals surface area contributed by atoms with Crippen LogP contribution < -0.4 is 0 Å². The molecule has 0 aliphatic heterocycles. The summed E-state index contributed by atoms with van der Waals surface area (Å²) in [6.07, 6.45) is 9.58. The third-order valence-corrected chi connectivity index (χ3v) is 7.42. The first-order chi connectivity index (χ1) is 16.0. The highest BCUT2D eigenvalue weighted by atomic mass is 35.5.